The molecule has 0 saturated heterocycles. The van der Waals surface area contributed by atoms with E-state index >= 15 is 0 Å². The van der Waals surface area contributed by atoms with Crippen LogP contribution in [0.3, 0.4) is 0 Å². The molecule has 2 heterocycles. The molecule has 0 radical (unpaired) electrons. The van der Waals surface area contributed by atoms with Gasteiger partial charge >= 0.3 is 0 Å². The molecule has 0 aliphatic rings. The Morgan fingerprint density at radius 3 is 2.53 bits per heavy atom. The number of halogens is 1. The zero-order chi connectivity index (χ0) is 23.0. The fourth-order valence-corrected chi connectivity index (χ4v) is 4.20. The molecule has 7 heteroatoms. The standard InChI is InChI=1S/C25H25ClN4O2/c1-15-8-7-11-22(16(15)2)28-23(31)14-30-25(32)24-18(4)29(17(3)20(24)12-27-30)13-19-9-5-6-10-21(19)26/h5-12H,13-14H2,1-4H3,(H,28,31). The number of aryl methyl sites for hydroxylation is 3. The van der Waals surface area contributed by atoms with Crippen LogP contribution in [0.2, 0.25) is 5.02 Å². The normalized spacial score (nSPS) is 11.2. The second kappa shape index (κ2) is 8.63. The Bertz CT molecular complexity index is 1400. The first-order valence-electron chi connectivity index (χ1n) is 10.4. The Balaban J connectivity index is 1.66. The Morgan fingerprint density at radius 1 is 1.03 bits per heavy atom. The van der Waals surface area contributed by atoms with Crippen molar-refractivity contribution in [2.24, 2.45) is 0 Å². The highest BCUT2D eigenvalue weighted by atomic mass is 35.5. The van der Waals surface area contributed by atoms with Gasteiger partial charge in [-0.3, -0.25) is 9.59 Å². The predicted molar refractivity (Wildman–Crippen MR) is 129 cm³/mol. The van der Waals surface area contributed by atoms with E-state index in [1.165, 1.54) is 4.68 Å². The third-order valence-electron chi connectivity index (χ3n) is 6.06. The molecule has 0 aliphatic carbocycles. The summed E-state index contributed by atoms with van der Waals surface area (Å²) in [6.07, 6.45) is 1.66. The molecule has 32 heavy (non-hydrogen) atoms. The van der Waals surface area contributed by atoms with Crippen LogP contribution in [0, 0.1) is 27.7 Å². The molecular weight excluding hydrogens is 424 g/mol. The summed E-state index contributed by atoms with van der Waals surface area (Å²) in [7, 11) is 0. The molecule has 0 fully saturated rings. The molecule has 0 aliphatic heterocycles. The van der Waals surface area contributed by atoms with Crippen LogP contribution in [0.5, 0.6) is 0 Å². The summed E-state index contributed by atoms with van der Waals surface area (Å²) >= 11 is 6.34. The number of benzene rings is 2. The summed E-state index contributed by atoms with van der Waals surface area (Å²) in [5.41, 5.74) is 5.29. The molecule has 0 saturated carbocycles. The van der Waals surface area contributed by atoms with Gasteiger partial charge in [-0.2, -0.15) is 5.10 Å². The Hall–Kier alpha value is -3.38. The van der Waals surface area contributed by atoms with E-state index in [9.17, 15) is 9.59 Å². The lowest BCUT2D eigenvalue weighted by Crippen LogP contribution is -2.29. The first-order valence-corrected chi connectivity index (χ1v) is 10.8. The van der Waals surface area contributed by atoms with E-state index in [2.05, 4.69) is 15.0 Å². The average molecular weight is 449 g/mol. The maximum absolute atomic E-state index is 13.2. The molecule has 1 N–H and O–H groups in total. The fourth-order valence-electron chi connectivity index (χ4n) is 4.00. The first-order chi connectivity index (χ1) is 15.3. The van der Waals surface area contributed by atoms with Crippen LogP contribution in [-0.2, 0) is 17.9 Å². The zero-order valence-electron chi connectivity index (χ0n) is 18.6. The minimum absolute atomic E-state index is 0.156. The van der Waals surface area contributed by atoms with Crippen molar-refractivity contribution in [3.63, 3.8) is 0 Å². The largest absolute Gasteiger partial charge is 0.343 e. The van der Waals surface area contributed by atoms with E-state index in [0.29, 0.717) is 17.0 Å². The summed E-state index contributed by atoms with van der Waals surface area (Å²) in [5, 5.41) is 9.20. The van der Waals surface area contributed by atoms with Crippen molar-refractivity contribution in [3.05, 3.63) is 92.1 Å². The van der Waals surface area contributed by atoms with Crippen LogP contribution < -0.4 is 10.9 Å². The van der Waals surface area contributed by atoms with Gasteiger partial charge in [0.05, 0.1) is 11.6 Å². The monoisotopic (exact) mass is 448 g/mol. The molecule has 1 amide bonds. The number of nitrogens with zero attached hydrogens (tertiary/aromatic N) is 3. The van der Waals surface area contributed by atoms with Crippen molar-refractivity contribution in [1.82, 2.24) is 14.3 Å². The van der Waals surface area contributed by atoms with Crippen molar-refractivity contribution in [2.75, 3.05) is 5.32 Å². The lowest BCUT2D eigenvalue weighted by molar-refractivity contribution is -0.117. The maximum Gasteiger partial charge on any atom is 0.276 e. The topological polar surface area (TPSA) is 68.9 Å². The van der Waals surface area contributed by atoms with Gasteiger partial charge in [0, 0.05) is 34.0 Å². The molecule has 6 nitrogen and oxygen atoms in total. The number of fused-ring (bicyclic) bond motifs is 1. The van der Waals surface area contributed by atoms with Crippen LogP contribution in [0.4, 0.5) is 5.69 Å². The second-order valence-electron chi connectivity index (χ2n) is 8.04. The quantitative estimate of drug-likeness (QED) is 0.478. The van der Waals surface area contributed by atoms with Gasteiger partial charge in [-0.1, -0.05) is 41.9 Å². The van der Waals surface area contributed by atoms with Gasteiger partial charge in [0.1, 0.15) is 6.54 Å². The van der Waals surface area contributed by atoms with Gasteiger partial charge in [-0.25, -0.2) is 4.68 Å². The summed E-state index contributed by atoms with van der Waals surface area (Å²) < 4.78 is 3.28. The zero-order valence-corrected chi connectivity index (χ0v) is 19.3. The highest BCUT2D eigenvalue weighted by Gasteiger charge is 2.18. The van der Waals surface area contributed by atoms with E-state index in [1.807, 2.05) is 70.2 Å². The van der Waals surface area contributed by atoms with E-state index in [1.54, 1.807) is 6.20 Å². The molecule has 0 spiro atoms. The molecule has 0 bridgehead atoms. The summed E-state index contributed by atoms with van der Waals surface area (Å²) in [6.45, 7) is 8.21. The van der Waals surface area contributed by atoms with E-state index < -0.39 is 0 Å². The van der Waals surface area contributed by atoms with Gasteiger partial charge in [0.15, 0.2) is 0 Å². The third-order valence-corrected chi connectivity index (χ3v) is 6.43. The van der Waals surface area contributed by atoms with Gasteiger partial charge in [0.2, 0.25) is 5.91 Å². The molecule has 2 aromatic carbocycles. The molecule has 164 valence electrons. The molecular formula is C25H25ClN4O2. The number of amides is 1. The van der Waals surface area contributed by atoms with Crippen LogP contribution in [0.25, 0.3) is 10.8 Å². The smallest absolute Gasteiger partial charge is 0.276 e. The SMILES string of the molecule is Cc1cccc(NC(=O)Cn2ncc3c(C)n(Cc4ccccc4Cl)c(C)c3c2=O)c1C. The van der Waals surface area contributed by atoms with Gasteiger partial charge < -0.3 is 9.88 Å². The number of carbonyl (C=O) groups is 1. The fraction of sp³-hybridized carbons (Fsp3) is 0.240. The highest BCUT2D eigenvalue weighted by Crippen LogP contribution is 2.25. The van der Waals surface area contributed by atoms with E-state index in [4.69, 9.17) is 11.6 Å². The van der Waals surface area contributed by atoms with Crippen molar-refractivity contribution < 1.29 is 4.79 Å². The van der Waals surface area contributed by atoms with Crippen LogP contribution >= 0.6 is 11.6 Å². The molecule has 0 atom stereocenters. The van der Waals surface area contributed by atoms with Gasteiger partial charge in [0.25, 0.3) is 5.56 Å². The molecule has 4 rings (SSSR count). The second-order valence-corrected chi connectivity index (χ2v) is 8.45. The molecule has 2 aromatic heterocycles. The third kappa shape index (κ3) is 3.94. The molecule has 0 unspecified atom stereocenters. The van der Waals surface area contributed by atoms with Crippen molar-refractivity contribution in [1.29, 1.82) is 0 Å². The summed E-state index contributed by atoms with van der Waals surface area (Å²) in [5.74, 6) is -0.294. The van der Waals surface area contributed by atoms with E-state index in [0.717, 1.165) is 39.2 Å². The highest BCUT2D eigenvalue weighted by molar-refractivity contribution is 6.31. The van der Waals surface area contributed by atoms with Crippen LogP contribution in [-0.4, -0.2) is 20.3 Å². The van der Waals surface area contributed by atoms with Gasteiger partial charge in [-0.15, -0.1) is 0 Å². The number of hydrogen-bond donors (Lipinski definition) is 1. The Labute approximate surface area is 191 Å². The summed E-state index contributed by atoms with van der Waals surface area (Å²) in [4.78, 5) is 25.9. The lowest BCUT2D eigenvalue weighted by atomic mass is 10.1. The Kier molecular flexibility index (Phi) is 5.89. The van der Waals surface area contributed by atoms with Crippen molar-refractivity contribution >= 4 is 34.0 Å². The number of nitrogens with one attached hydrogen (secondary N) is 1. The summed E-state index contributed by atoms with van der Waals surface area (Å²) in [6, 6.07) is 13.4. The molecule has 4 aromatic rings. The lowest BCUT2D eigenvalue weighted by Gasteiger charge is -2.11. The number of aromatic nitrogens is 3. The number of hydrogen-bond acceptors (Lipinski definition) is 3. The van der Waals surface area contributed by atoms with Crippen molar-refractivity contribution in [2.45, 2.75) is 40.8 Å². The number of carbonyl (C=O) groups excluding carboxylic acids is 1. The first kappa shape index (κ1) is 21.8. The minimum Gasteiger partial charge on any atom is -0.343 e. The van der Waals surface area contributed by atoms with Crippen molar-refractivity contribution in [3.8, 4) is 0 Å². The van der Waals surface area contributed by atoms with E-state index in [-0.39, 0.29) is 18.0 Å². The number of rotatable bonds is 5. The van der Waals surface area contributed by atoms with Crippen LogP contribution in [0.15, 0.2) is 53.5 Å². The number of anilines is 1. The minimum atomic E-state index is -0.294. The predicted octanol–water partition coefficient (Wildman–Crippen LogP) is 4.77. The average Bonchev–Trinajstić information content (AvgIpc) is 3.00. The van der Waals surface area contributed by atoms with Crippen LogP contribution in [0.1, 0.15) is 28.1 Å². The maximum atomic E-state index is 13.2. The Morgan fingerprint density at radius 2 is 1.78 bits per heavy atom. The van der Waals surface area contributed by atoms with Gasteiger partial charge in [-0.05, 0) is 56.5 Å².